The monoisotopic (exact) mass is 492 g/mol. The number of benzene rings is 2. The molecule has 2 N–H and O–H groups in total. The van der Waals surface area contributed by atoms with Gasteiger partial charge in [0.2, 0.25) is 5.76 Å². The summed E-state index contributed by atoms with van der Waals surface area (Å²) in [6.45, 7) is 1.91. The molecule has 0 atom stereocenters. The van der Waals surface area contributed by atoms with E-state index < -0.39 is 17.8 Å². The van der Waals surface area contributed by atoms with Gasteiger partial charge in [-0.05, 0) is 67.2 Å². The highest BCUT2D eigenvalue weighted by Gasteiger charge is 2.34. The van der Waals surface area contributed by atoms with Crippen molar-refractivity contribution in [1.82, 2.24) is 5.32 Å². The highest BCUT2D eigenvalue weighted by atomic mass is 32.1. The summed E-state index contributed by atoms with van der Waals surface area (Å²) in [6, 6.07) is 14.9. The van der Waals surface area contributed by atoms with Crippen LogP contribution in [-0.2, 0) is 16.2 Å². The van der Waals surface area contributed by atoms with E-state index in [1.165, 1.54) is 30.2 Å². The fourth-order valence-electron chi connectivity index (χ4n) is 3.36. The van der Waals surface area contributed by atoms with Crippen molar-refractivity contribution in [2.45, 2.75) is 13.5 Å². The summed E-state index contributed by atoms with van der Waals surface area (Å²) in [4.78, 5) is 37.9. The average molecular weight is 493 g/mol. The number of nitrogens with zero attached hydrogens (tertiary/aromatic N) is 1. The Morgan fingerprint density at radius 3 is 2.51 bits per heavy atom. The van der Waals surface area contributed by atoms with E-state index in [-0.39, 0.29) is 23.1 Å². The van der Waals surface area contributed by atoms with Crippen LogP contribution >= 0.6 is 12.2 Å². The molecule has 2 aromatic carbocycles. The molecule has 3 aromatic rings. The second-order valence-corrected chi connectivity index (χ2v) is 7.95. The lowest BCUT2D eigenvalue weighted by Gasteiger charge is -2.29. The molecule has 2 heterocycles. The van der Waals surface area contributed by atoms with Gasteiger partial charge in [0.05, 0.1) is 12.8 Å². The largest absolute Gasteiger partial charge is 0.493 e. The van der Waals surface area contributed by atoms with Gasteiger partial charge in [0.25, 0.3) is 11.8 Å². The third-order valence-electron chi connectivity index (χ3n) is 5.13. The number of anilines is 1. The number of aromatic carboxylic acids is 1. The first-order chi connectivity index (χ1) is 16.8. The fraction of sp³-hybridized carbons (Fsp3) is 0.120. The lowest BCUT2D eigenvalue weighted by Crippen LogP contribution is -2.54. The number of carboxylic acid groups (broad SMARTS) is 1. The first-order valence-corrected chi connectivity index (χ1v) is 10.8. The van der Waals surface area contributed by atoms with E-state index in [1.54, 1.807) is 30.3 Å². The summed E-state index contributed by atoms with van der Waals surface area (Å²) in [6.07, 6.45) is 1.44. The first kappa shape index (κ1) is 23.7. The summed E-state index contributed by atoms with van der Waals surface area (Å²) in [5, 5.41) is 11.5. The van der Waals surface area contributed by atoms with Gasteiger partial charge in [0.1, 0.15) is 17.9 Å². The maximum absolute atomic E-state index is 13.2. The molecule has 1 saturated heterocycles. The van der Waals surface area contributed by atoms with E-state index in [1.807, 2.05) is 19.1 Å². The molecule has 9 nitrogen and oxygen atoms in total. The minimum absolute atomic E-state index is 0.00585. The summed E-state index contributed by atoms with van der Waals surface area (Å²) in [7, 11) is 1.45. The van der Waals surface area contributed by atoms with Crippen LogP contribution < -0.4 is 19.7 Å². The predicted octanol–water partition coefficient (Wildman–Crippen LogP) is 3.71. The van der Waals surface area contributed by atoms with Gasteiger partial charge in [-0.1, -0.05) is 23.8 Å². The number of aryl methyl sites for hydroxylation is 1. The Labute approximate surface area is 205 Å². The minimum atomic E-state index is -1.17. The lowest BCUT2D eigenvalue weighted by atomic mass is 10.1. The van der Waals surface area contributed by atoms with Crippen molar-refractivity contribution in [3.63, 3.8) is 0 Å². The molecule has 1 aromatic heterocycles. The average Bonchev–Trinajstić information content (AvgIpc) is 3.31. The molecular weight excluding hydrogens is 472 g/mol. The Bertz CT molecular complexity index is 1360. The van der Waals surface area contributed by atoms with Crippen molar-refractivity contribution >= 4 is 46.9 Å². The third kappa shape index (κ3) is 5.07. The van der Waals surface area contributed by atoms with Gasteiger partial charge in [-0.2, -0.15) is 0 Å². The number of furan rings is 1. The highest BCUT2D eigenvalue weighted by molar-refractivity contribution is 7.80. The normalized spacial score (nSPS) is 14.7. The fourth-order valence-corrected chi connectivity index (χ4v) is 3.65. The van der Waals surface area contributed by atoms with Crippen LogP contribution in [0.25, 0.3) is 6.08 Å². The van der Waals surface area contributed by atoms with Gasteiger partial charge < -0.3 is 19.0 Å². The summed E-state index contributed by atoms with van der Waals surface area (Å²) in [5.74, 6) is -1.47. The van der Waals surface area contributed by atoms with Gasteiger partial charge in [-0.3, -0.25) is 19.8 Å². The summed E-state index contributed by atoms with van der Waals surface area (Å²) in [5.41, 5.74) is 2.00. The molecule has 35 heavy (non-hydrogen) atoms. The molecule has 2 amide bonds. The van der Waals surface area contributed by atoms with Gasteiger partial charge in [-0.25, -0.2) is 4.79 Å². The Morgan fingerprint density at radius 2 is 1.86 bits per heavy atom. The lowest BCUT2D eigenvalue weighted by molar-refractivity contribution is -0.122. The van der Waals surface area contributed by atoms with Crippen LogP contribution in [0.15, 0.2) is 64.6 Å². The molecule has 1 aliphatic heterocycles. The number of carbonyl (C=O) groups is 3. The molecule has 4 rings (SSSR count). The van der Waals surface area contributed by atoms with Gasteiger partial charge in [-0.15, -0.1) is 0 Å². The number of carboxylic acids is 1. The number of rotatable bonds is 7. The van der Waals surface area contributed by atoms with E-state index in [4.69, 9.17) is 31.2 Å². The molecular formula is C25H20N2O7S. The Morgan fingerprint density at radius 1 is 1.11 bits per heavy atom. The van der Waals surface area contributed by atoms with Crippen molar-refractivity contribution < 1.29 is 33.4 Å². The molecule has 0 saturated carbocycles. The molecule has 10 heteroatoms. The minimum Gasteiger partial charge on any atom is -0.493 e. The van der Waals surface area contributed by atoms with Crippen LogP contribution in [0.3, 0.4) is 0 Å². The topological polar surface area (TPSA) is 118 Å². The number of amides is 2. The van der Waals surface area contributed by atoms with Crippen molar-refractivity contribution in [3.8, 4) is 11.5 Å². The molecule has 0 bridgehead atoms. The van der Waals surface area contributed by atoms with Crippen molar-refractivity contribution in [2.75, 3.05) is 12.0 Å². The zero-order valence-corrected chi connectivity index (χ0v) is 19.5. The maximum atomic E-state index is 13.2. The number of methoxy groups -OCH3 is 1. The SMILES string of the molecule is COc1cc(/C=C2\C(=O)NC(=S)N(c3ccc(C)cc3)C2=O)ccc1OCc1ccc(C(=O)O)o1. The number of ether oxygens (including phenoxy) is 2. The van der Waals surface area contributed by atoms with E-state index >= 15 is 0 Å². The zero-order chi connectivity index (χ0) is 25.1. The van der Waals surface area contributed by atoms with Crippen LogP contribution in [-0.4, -0.2) is 35.1 Å². The molecule has 0 radical (unpaired) electrons. The summed E-state index contributed by atoms with van der Waals surface area (Å²) < 4.78 is 16.3. The molecule has 0 aliphatic carbocycles. The second kappa shape index (κ2) is 9.82. The highest BCUT2D eigenvalue weighted by Crippen LogP contribution is 2.31. The van der Waals surface area contributed by atoms with E-state index in [0.717, 1.165) is 5.56 Å². The van der Waals surface area contributed by atoms with Crippen LogP contribution in [0.4, 0.5) is 5.69 Å². The summed E-state index contributed by atoms with van der Waals surface area (Å²) >= 11 is 5.22. The molecule has 1 fully saturated rings. The number of hydrogen-bond acceptors (Lipinski definition) is 7. The smallest absolute Gasteiger partial charge is 0.371 e. The third-order valence-corrected chi connectivity index (χ3v) is 5.42. The van der Waals surface area contributed by atoms with Crippen molar-refractivity contribution in [1.29, 1.82) is 0 Å². The number of hydrogen-bond donors (Lipinski definition) is 2. The first-order valence-electron chi connectivity index (χ1n) is 10.4. The number of nitrogens with one attached hydrogen (secondary N) is 1. The molecule has 1 aliphatic rings. The molecule has 0 spiro atoms. The van der Waals surface area contributed by atoms with E-state index in [2.05, 4.69) is 5.32 Å². The number of thiocarbonyl (C=S) groups is 1. The Kier molecular flexibility index (Phi) is 6.65. The van der Waals surface area contributed by atoms with Gasteiger partial charge in [0, 0.05) is 0 Å². The van der Waals surface area contributed by atoms with Crippen LogP contribution in [0.1, 0.15) is 27.4 Å². The molecule has 178 valence electrons. The standard InChI is InChI=1S/C25H20N2O7S/c1-14-3-6-16(7-4-14)27-23(29)18(22(28)26-25(27)35)11-15-5-9-19(21(12-15)32-2)33-13-17-8-10-20(34-17)24(30)31/h3-12H,13H2,1-2H3,(H,30,31)(H,26,28,35)/b18-11+. The maximum Gasteiger partial charge on any atom is 0.371 e. The Balaban J connectivity index is 1.57. The number of carbonyl (C=O) groups excluding carboxylic acids is 2. The molecule has 0 unspecified atom stereocenters. The van der Waals surface area contributed by atoms with Crippen LogP contribution in [0, 0.1) is 6.92 Å². The Hall–Kier alpha value is -4.44. The quantitative estimate of drug-likeness (QED) is 0.291. The van der Waals surface area contributed by atoms with Crippen molar-refractivity contribution in [3.05, 3.63) is 82.8 Å². The predicted molar refractivity (Wildman–Crippen MR) is 130 cm³/mol. The van der Waals surface area contributed by atoms with Crippen molar-refractivity contribution in [2.24, 2.45) is 0 Å². The van der Waals surface area contributed by atoms with Gasteiger partial charge in [0.15, 0.2) is 16.6 Å². The second-order valence-electron chi connectivity index (χ2n) is 7.56. The van der Waals surface area contributed by atoms with E-state index in [9.17, 15) is 14.4 Å². The van der Waals surface area contributed by atoms with E-state index in [0.29, 0.717) is 28.5 Å². The van der Waals surface area contributed by atoms with Crippen LogP contribution in [0.5, 0.6) is 11.5 Å². The van der Waals surface area contributed by atoms with Crippen LogP contribution in [0.2, 0.25) is 0 Å². The zero-order valence-electron chi connectivity index (χ0n) is 18.7. The van der Waals surface area contributed by atoms with Gasteiger partial charge >= 0.3 is 5.97 Å².